The van der Waals surface area contributed by atoms with Gasteiger partial charge in [-0.3, -0.25) is 0 Å². The molecule has 2 rings (SSSR count). The first-order valence-corrected chi connectivity index (χ1v) is 6.56. The van der Waals surface area contributed by atoms with E-state index in [1.165, 1.54) is 16.9 Å². The fourth-order valence-electron chi connectivity index (χ4n) is 1.55. The fourth-order valence-corrected chi connectivity index (χ4v) is 2.40. The molecule has 0 saturated carbocycles. The van der Waals surface area contributed by atoms with Crippen LogP contribution in [0.3, 0.4) is 0 Å². The lowest BCUT2D eigenvalue weighted by Gasteiger charge is -2.04. The van der Waals surface area contributed by atoms with Crippen molar-refractivity contribution in [2.75, 3.05) is 6.61 Å². The van der Waals surface area contributed by atoms with Gasteiger partial charge in [-0.15, -0.1) is 11.3 Å². The van der Waals surface area contributed by atoms with Crippen molar-refractivity contribution < 1.29 is 4.74 Å². The number of hydrogen-bond acceptors (Lipinski definition) is 4. The van der Waals surface area contributed by atoms with Crippen LogP contribution in [0, 0.1) is 25.2 Å². The monoisotopic (exact) mass is 258 g/mol. The second-order valence-electron chi connectivity index (χ2n) is 4.05. The third-order valence-electron chi connectivity index (χ3n) is 2.55. The summed E-state index contributed by atoms with van der Waals surface area (Å²) >= 11 is 1.44. The highest BCUT2D eigenvalue weighted by molar-refractivity contribution is 7.12. The first kappa shape index (κ1) is 12.6. The van der Waals surface area contributed by atoms with Crippen LogP contribution in [0.25, 0.3) is 0 Å². The van der Waals surface area contributed by atoms with E-state index in [9.17, 15) is 0 Å². The summed E-state index contributed by atoms with van der Waals surface area (Å²) < 4.78 is 5.63. The molecular weight excluding hydrogens is 244 g/mol. The Hall–Kier alpha value is -1.86. The summed E-state index contributed by atoms with van der Waals surface area (Å²) in [5.41, 5.74) is 2.03. The molecule has 0 radical (unpaired) electrons. The maximum atomic E-state index is 8.85. The molecule has 3 nitrogen and oxygen atoms in total. The Kier molecular flexibility index (Phi) is 3.96. The number of rotatable bonds is 4. The smallest absolute Gasteiger partial charge is 0.127 e. The molecular formula is C14H14N2OS. The second kappa shape index (κ2) is 5.65. The van der Waals surface area contributed by atoms with Crippen LogP contribution in [0.2, 0.25) is 0 Å². The molecule has 2 aromatic rings. The van der Waals surface area contributed by atoms with Crippen LogP contribution in [-0.2, 0) is 6.42 Å². The van der Waals surface area contributed by atoms with Crippen LogP contribution >= 0.6 is 11.3 Å². The number of hydrogen-bond donors (Lipinski definition) is 0. The predicted octanol–water partition coefficient (Wildman–Crippen LogP) is 3.25. The number of benzene rings is 1. The van der Waals surface area contributed by atoms with Crippen LogP contribution in [0.5, 0.6) is 5.75 Å². The molecule has 0 atom stereocenters. The maximum Gasteiger partial charge on any atom is 0.127 e. The largest absolute Gasteiger partial charge is 0.493 e. The fraction of sp³-hybridized carbons (Fsp3) is 0.286. The minimum absolute atomic E-state index is 0.584. The standard InChI is InChI=1S/C14H14N2OS/c1-10-3-5-12(6-4-10)17-8-7-14-16-11(2)13(9-15)18-14/h3-6H,7-8H2,1-2H3. The predicted molar refractivity (Wildman–Crippen MR) is 71.9 cm³/mol. The van der Waals surface area contributed by atoms with Crippen molar-refractivity contribution >= 4 is 11.3 Å². The van der Waals surface area contributed by atoms with Crippen molar-refractivity contribution in [3.8, 4) is 11.8 Å². The zero-order chi connectivity index (χ0) is 13.0. The quantitative estimate of drug-likeness (QED) is 0.845. The minimum Gasteiger partial charge on any atom is -0.493 e. The number of nitriles is 1. The normalized spacial score (nSPS) is 10.1. The molecule has 0 unspecified atom stereocenters. The summed E-state index contributed by atoms with van der Waals surface area (Å²) in [5.74, 6) is 0.870. The van der Waals surface area contributed by atoms with Crippen molar-refractivity contribution in [2.24, 2.45) is 0 Å². The minimum atomic E-state index is 0.584. The number of nitrogens with zero attached hydrogens (tertiary/aromatic N) is 2. The molecule has 0 aliphatic heterocycles. The van der Waals surface area contributed by atoms with Gasteiger partial charge >= 0.3 is 0 Å². The third-order valence-corrected chi connectivity index (χ3v) is 3.67. The van der Waals surface area contributed by atoms with E-state index in [-0.39, 0.29) is 0 Å². The van der Waals surface area contributed by atoms with Crippen molar-refractivity contribution in [3.05, 3.63) is 45.4 Å². The molecule has 0 amide bonds. The molecule has 1 aromatic carbocycles. The molecule has 1 aromatic heterocycles. The van der Waals surface area contributed by atoms with Crippen molar-refractivity contribution in [2.45, 2.75) is 20.3 Å². The molecule has 18 heavy (non-hydrogen) atoms. The Bertz CT molecular complexity index is 566. The van der Waals surface area contributed by atoms with E-state index in [4.69, 9.17) is 10.00 Å². The molecule has 1 heterocycles. The van der Waals surface area contributed by atoms with Crippen LogP contribution in [0.1, 0.15) is 21.1 Å². The lowest BCUT2D eigenvalue weighted by Crippen LogP contribution is -2.00. The Labute approximate surface area is 111 Å². The molecule has 0 aliphatic carbocycles. The summed E-state index contributed by atoms with van der Waals surface area (Å²) in [6.45, 7) is 4.49. The van der Waals surface area contributed by atoms with Crippen molar-refractivity contribution in [1.29, 1.82) is 5.26 Å². The summed E-state index contributed by atoms with van der Waals surface area (Å²) in [4.78, 5) is 5.04. The lowest BCUT2D eigenvalue weighted by molar-refractivity contribution is 0.321. The molecule has 0 aliphatic rings. The lowest BCUT2D eigenvalue weighted by atomic mass is 10.2. The molecule has 0 bridgehead atoms. The van der Waals surface area contributed by atoms with Gasteiger partial charge in [0.25, 0.3) is 0 Å². The van der Waals surface area contributed by atoms with Gasteiger partial charge in [0.2, 0.25) is 0 Å². The number of aromatic nitrogens is 1. The van der Waals surface area contributed by atoms with Crippen LogP contribution in [-0.4, -0.2) is 11.6 Å². The Balaban J connectivity index is 1.88. The average molecular weight is 258 g/mol. The highest BCUT2D eigenvalue weighted by Crippen LogP contribution is 2.18. The maximum absolute atomic E-state index is 8.85. The zero-order valence-corrected chi connectivity index (χ0v) is 11.3. The van der Waals surface area contributed by atoms with Gasteiger partial charge in [0, 0.05) is 6.42 Å². The van der Waals surface area contributed by atoms with E-state index < -0.39 is 0 Å². The summed E-state index contributed by atoms with van der Waals surface area (Å²) in [5, 5.41) is 9.81. The van der Waals surface area contributed by atoms with Gasteiger partial charge in [-0.1, -0.05) is 17.7 Å². The Morgan fingerprint density at radius 3 is 2.61 bits per heavy atom. The van der Waals surface area contributed by atoms with E-state index in [1.54, 1.807) is 0 Å². The summed E-state index contributed by atoms with van der Waals surface area (Å²) in [6.07, 6.45) is 0.737. The van der Waals surface area contributed by atoms with E-state index in [1.807, 2.05) is 38.1 Å². The van der Waals surface area contributed by atoms with Gasteiger partial charge in [0.15, 0.2) is 0 Å². The highest BCUT2D eigenvalue weighted by Gasteiger charge is 2.06. The summed E-state index contributed by atoms with van der Waals surface area (Å²) in [6, 6.07) is 10.1. The molecule has 0 N–H and O–H groups in total. The van der Waals surface area contributed by atoms with Crippen molar-refractivity contribution in [1.82, 2.24) is 4.98 Å². The van der Waals surface area contributed by atoms with Crippen molar-refractivity contribution in [3.63, 3.8) is 0 Å². The van der Waals surface area contributed by atoms with Gasteiger partial charge in [0.1, 0.15) is 16.7 Å². The molecule has 92 valence electrons. The van der Waals surface area contributed by atoms with Gasteiger partial charge in [-0.25, -0.2) is 4.98 Å². The number of aryl methyl sites for hydroxylation is 2. The van der Waals surface area contributed by atoms with Gasteiger partial charge in [0.05, 0.1) is 17.3 Å². The first-order chi connectivity index (χ1) is 8.69. The highest BCUT2D eigenvalue weighted by atomic mass is 32.1. The van der Waals surface area contributed by atoms with Gasteiger partial charge < -0.3 is 4.74 Å². The molecule has 4 heteroatoms. The number of thiazole rings is 1. The average Bonchev–Trinajstić information content (AvgIpc) is 2.72. The molecule has 0 fully saturated rings. The summed E-state index contributed by atoms with van der Waals surface area (Å²) in [7, 11) is 0. The van der Waals surface area contributed by atoms with E-state index >= 15 is 0 Å². The molecule has 0 saturated heterocycles. The van der Waals surface area contributed by atoms with Crippen LogP contribution in [0.4, 0.5) is 0 Å². The molecule has 0 spiro atoms. The van der Waals surface area contributed by atoms with E-state index in [2.05, 4.69) is 11.1 Å². The topological polar surface area (TPSA) is 45.9 Å². The first-order valence-electron chi connectivity index (χ1n) is 5.75. The SMILES string of the molecule is Cc1ccc(OCCc2nc(C)c(C#N)s2)cc1. The van der Waals surface area contributed by atoms with E-state index in [0.29, 0.717) is 11.5 Å². The van der Waals surface area contributed by atoms with Crippen LogP contribution in [0.15, 0.2) is 24.3 Å². The van der Waals surface area contributed by atoms with Gasteiger partial charge in [-0.2, -0.15) is 5.26 Å². The third kappa shape index (κ3) is 3.08. The van der Waals surface area contributed by atoms with Crippen LogP contribution < -0.4 is 4.74 Å². The van der Waals surface area contributed by atoms with E-state index in [0.717, 1.165) is 22.9 Å². The number of ether oxygens (including phenoxy) is 1. The Morgan fingerprint density at radius 2 is 2.00 bits per heavy atom. The Morgan fingerprint density at radius 1 is 1.28 bits per heavy atom. The second-order valence-corrected chi connectivity index (χ2v) is 5.13. The van der Waals surface area contributed by atoms with Gasteiger partial charge in [-0.05, 0) is 26.0 Å². The zero-order valence-electron chi connectivity index (χ0n) is 10.4.